The molecule has 0 aromatic heterocycles. The van der Waals surface area contributed by atoms with Gasteiger partial charge in [-0.15, -0.1) is 0 Å². The molecule has 0 saturated heterocycles. The van der Waals surface area contributed by atoms with Gasteiger partial charge < -0.3 is 19.1 Å². The van der Waals surface area contributed by atoms with Crippen LogP contribution in [0.2, 0.25) is 0 Å². The van der Waals surface area contributed by atoms with Crippen LogP contribution in [-0.2, 0) is 6.42 Å². The number of benzene rings is 3. The van der Waals surface area contributed by atoms with Gasteiger partial charge in [0.05, 0.1) is 27.4 Å². The zero-order chi connectivity index (χ0) is 22.0. The van der Waals surface area contributed by atoms with E-state index in [4.69, 9.17) is 14.2 Å². The number of hydrogen-bond donors (Lipinski definition) is 0. The quantitative estimate of drug-likeness (QED) is 0.602. The van der Waals surface area contributed by atoms with Gasteiger partial charge in [0.25, 0.3) is 5.91 Å². The molecule has 0 fully saturated rings. The minimum atomic E-state index is -0.435. The third-order valence-corrected chi connectivity index (χ3v) is 5.64. The molecule has 0 N–H and O–H groups in total. The van der Waals surface area contributed by atoms with Gasteiger partial charge >= 0.3 is 0 Å². The van der Waals surface area contributed by atoms with Gasteiger partial charge in [-0.1, -0.05) is 18.2 Å². The van der Waals surface area contributed by atoms with E-state index in [1.165, 1.54) is 12.1 Å². The highest BCUT2D eigenvalue weighted by Gasteiger charge is 2.34. The highest BCUT2D eigenvalue weighted by atomic mass is 19.1. The summed E-state index contributed by atoms with van der Waals surface area (Å²) in [5.41, 5.74) is 3.29. The van der Waals surface area contributed by atoms with Crippen molar-refractivity contribution in [2.24, 2.45) is 0 Å². The molecular weight excluding hydrogens is 397 g/mol. The maximum Gasteiger partial charge on any atom is 0.254 e. The molecule has 0 spiro atoms. The van der Waals surface area contributed by atoms with Crippen LogP contribution in [0.4, 0.5) is 4.39 Å². The molecule has 0 saturated carbocycles. The third-order valence-electron chi connectivity index (χ3n) is 5.64. The van der Waals surface area contributed by atoms with Gasteiger partial charge in [-0.3, -0.25) is 4.79 Å². The van der Waals surface area contributed by atoms with E-state index in [2.05, 4.69) is 0 Å². The van der Waals surface area contributed by atoms with Crippen molar-refractivity contribution < 1.29 is 23.4 Å². The molecule has 6 heteroatoms. The molecule has 0 radical (unpaired) electrons. The fourth-order valence-corrected chi connectivity index (χ4v) is 4.10. The number of methoxy groups -OCH3 is 3. The molecule has 5 nitrogen and oxygen atoms in total. The lowest BCUT2D eigenvalue weighted by Gasteiger charge is -2.38. The number of halogens is 1. The summed E-state index contributed by atoms with van der Waals surface area (Å²) in [5.74, 6) is 1.32. The smallest absolute Gasteiger partial charge is 0.254 e. The predicted octanol–water partition coefficient (Wildman–Crippen LogP) is 4.64. The lowest BCUT2D eigenvalue weighted by Crippen LogP contribution is -2.40. The van der Waals surface area contributed by atoms with E-state index in [1.54, 1.807) is 38.4 Å². The zero-order valence-corrected chi connectivity index (χ0v) is 17.7. The highest BCUT2D eigenvalue weighted by molar-refractivity contribution is 5.95. The average molecular weight is 421 g/mol. The van der Waals surface area contributed by atoms with Crippen LogP contribution in [-0.4, -0.2) is 38.7 Å². The van der Waals surface area contributed by atoms with Crippen molar-refractivity contribution in [3.63, 3.8) is 0 Å². The monoisotopic (exact) mass is 421 g/mol. The number of ether oxygens (including phenoxy) is 3. The Labute approximate surface area is 181 Å². The topological polar surface area (TPSA) is 48.0 Å². The standard InChI is InChI=1S/C25H24FNO4/c1-29-20-9-7-16(8-10-20)24-21-15-23(31-3)22(30-2)14-17(21)11-12-27(24)25(28)18-5-4-6-19(26)13-18/h4-10,13-15,24H,11-12H2,1-3H3/t24-/m0/s1. The van der Waals surface area contributed by atoms with Crippen LogP contribution in [0.3, 0.4) is 0 Å². The first kappa shape index (κ1) is 20.7. The Balaban J connectivity index is 1.84. The Morgan fingerprint density at radius 2 is 1.65 bits per heavy atom. The molecule has 4 rings (SSSR count). The number of rotatable bonds is 5. The minimum Gasteiger partial charge on any atom is -0.497 e. The Hall–Kier alpha value is -3.54. The molecule has 31 heavy (non-hydrogen) atoms. The van der Waals surface area contributed by atoms with Crippen LogP contribution in [0.15, 0.2) is 60.7 Å². The third kappa shape index (κ3) is 3.93. The lowest BCUT2D eigenvalue weighted by molar-refractivity contribution is 0.0693. The van der Waals surface area contributed by atoms with E-state index < -0.39 is 5.82 Å². The van der Waals surface area contributed by atoms with Crippen LogP contribution in [0.5, 0.6) is 17.2 Å². The highest BCUT2D eigenvalue weighted by Crippen LogP contribution is 2.41. The van der Waals surface area contributed by atoms with Crippen molar-refractivity contribution in [1.29, 1.82) is 0 Å². The second-order valence-electron chi connectivity index (χ2n) is 7.34. The molecule has 0 unspecified atom stereocenters. The number of nitrogens with zero attached hydrogens (tertiary/aromatic N) is 1. The molecule has 160 valence electrons. The van der Waals surface area contributed by atoms with E-state index in [-0.39, 0.29) is 11.9 Å². The molecule has 1 aliphatic heterocycles. The summed E-state index contributed by atoms with van der Waals surface area (Å²) in [4.78, 5) is 15.2. The molecule has 0 aliphatic carbocycles. The SMILES string of the molecule is COc1ccc([C@H]2c3cc(OC)c(OC)cc3CCN2C(=O)c2cccc(F)c2)cc1. The van der Waals surface area contributed by atoms with Gasteiger partial charge in [0.1, 0.15) is 11.6 Å². The fraction of sp³-hybridized carbons (Fsp3) is 0.240. The normalized spacial score (nSPS) is 15.2. The lowest BCUT2D eigenvalue weighted by atomic mass is 9.87. The Bertz CT molecular complexity index is 1100. The van der Waals surface area contributed by atoms with Crippen molar-refractivity contribution >= 4 is 5.91 Å². The fourth-order valence-electron chi connectivity index (χ4n) is 4.10. The summed E-state index contributed by atoms with van der Waals surface area (Å²) in [6, 6.07) is 17.0. The van der Waals surface area contributed by atoms with Crippen molar-refractivity contribution in [2.45, 2.75) is 12.5 Å². The number of hydrogen-bond acceptors (Lipinski definition) is 4. The van der Waals surface area contributed by atoms with Crippen molar-refractivity contribution in [2.75, 3.05) is 27.9 Å². The molecular formula is C25H24FNO4. The first-order chi connectivity index (χ1) is 15.0. The van der Waals surface area contributed by atoms with E-state index in [0.717, 1.165) is 22.4 Å². The summed E-state index contributed by atoms with van der Waals surface area (Å²) in [7, 11) is 4.81. The molecule has 0 bridgehead atoms. The van der Waals surface area contributed by atoms with E-state index in [1.807, 2.05) is 36.4 Å². The Kier molecular flexibility index (Phi) is 5.80. The summed E-state index contributed by atoms with van der Waals surface area (Å²) < 4.78 is 30.1. The minimum absolute atomic E-state index is 0.222. The van der Waals surface area contributed by atoms with Crippen molar-refractivity contribution in [3.05, 3.63) is 88.7 Å². The van der Waals surface area contributed by atoms with Gasteiger partial charge in [-0.05, 0) is 65.6 Å². The Morgan fingerprint density at radius 3 is 2.29 bits per heavy atom. The molecule has 1 heterocycles. The Morgan fingerprint density at radius 1 is 0.935 bits per heavy atom. The van der Waals surface area contributed by atoms with Crippen LogP contribution in [0.1, 0.15) is 33.1 Å². The number of carbonyl (C=O) groups is 1. The molecule has 1 atom stereocenters. The summed E-state index contributed by atoms with van der Waals surface area (Å²) in [5, 5.41) is 0. The van der Waals surface area contributed by atoms with Gasteiger partial charge in [0.15, 0.2) is 11.5 Å². The second-order valence-corrected chi connectivity index (χ2v) is 7.34. The van der Waals surface area contributed by atoms with Gasteiger partial charge in [-0.2, -0.15) is 0 Å². The summed E-state index contributed by atoms with van der Waals surface area (Å²) in [6.45, 7) is 0.495. The van der Waals surface area contributed by atoms with E-state index in [0.29, 0.717) is 30.0 Å². The number of fused-ring (bicyclic) bond motifs is 1. The van der Waals surface area contributed by atoms with Crippen molar-refractivity contribution in [1.82, 2.24) is 4.90 Å². The predicted molar refractivity (Wildman–Crippen MR) is 116 cm³/mol. The number of amides is 1. The first-order valence-electron chi connectivity index (χ1n) is 10.0. The first-order valence-corrected chi connectivity index (χ1v) is 10.0. The van der Waals surface area contributed by atoms with Crippen LogP contribution >= 0.6 is 0 Å². The summed E-state index contributed by atoms with van der Waals surface area (Å²) >= 11 is 0. The van der Waals surface area contributed by atoms with Gasteiger partial charge in [-0.25, -0.2) is 4.39 Å². The van der Waals surface area contributed by atoms with Crippen LogP contribution < -0.4 is 14.2 Å². The molecule has 1 aliphatic rings. The molecule has 1 amide bonds. The zero-order valence-electron chi connectivity index (χ0n) is 17.7. The van der Waals surface area contributed by atoms with Gasteiger partial charge in [0, 0.05) is 12.1 Å². The number of carbonyl (C=O) groups excluding carboxylic acids is 1. The molecule has 3 aromatic carbocycles. The maximum absolute atomic E-state index is 13.8. The second kappa shape index (κ2) is 8.68. The molecule has 3 aromatic rings. The van der Waals surface area contributed by atoms with Gasteiger partial charge in [0.2, 0.25) is 0 Å². The van der Waals surface area contributed by atoms with E-state index in [9.17, 15) is 9.18 Å². The van der Waals surface area contributed by atoms with Crippen LogP contribution in [0, 0.1) is 5.82 Å². The van der Waals surface area contributed by atoms with Crippen molar-refractivity contribution in [3.8, 4) is 17.2 Å². The van der Waals surface area contributed by atoms with Crippen LogP contribution in [0.25, 0.3) is 0 Å². The maximum atomic E-state index is 13.8. The summed E-state index contributed by atoms with van der Waals surface area (Å²) in [6.07, 6.45) is 0.656. The van der Waals surface area contributed by atoms with E-state index >= 15 is 0 Å². The largest absolute Gasteiger partial charge is 0.497 e. The average Bonchev–Trinajstić information content (AvgIpc) is 2.82.